The normalized spacial score (nSPS) is 25.9. The number of rotatable bonds is 5. The lowest BCUT2D eigenvalue weighted by molar-refractivity contribution is 0.255. The Morgan fingerprint density at radius 1 is 1.39 bits per heavy atom. The second-order valence-electron chi connectivity index (χ2n) is 4.25. The van der Waals surface area contributed by atoms with Crippen LogP contribution in [0.15, 0.2) is 40.6 Å². The van der Waals surface area contributed by atoms with Gasteiger partial charge in [0.2, 0.25) is 0 Å². The van der Waals surface area contributed by atoms with Crippen molar-refractivity contribution in [3.63, 3.8) is 0 Å². The number of azo groups is 1. The minimum Gasteiger partial charge on any atom is -0.423 e. The van der Waals surface area contributed by atoms with E-state index >= 15 is 0 Å². The molecule has 0 fully saturated rings. The van der Waals surface area contributed by atoms with Gasteiger partial charge in [0.1, 0.15) is 5.75 Å². The highest BCUT2D eigenvalue weighted by molar-refractivity contribution is 7.56. The Bertz CT molecular complexity index is 477. The van der Waals surface area contributed by atoms with Crippen LogP contribution in [0.5, 0.6) is 5.75 Å². The Balaban J connectivity index is 2.27. The van der Waals surface area contributed by atoms with Crippen LogP contribution in [0, 0.1) is 0 Å². The first kappa shape index (κ1) is 13.2. The fraction of sp³-hybridized carbons (Fsp3) is 0.500. The minimum absolute atomic E-state index is 0.315. The molecule has 0 saturated carbocycles. The predicted octanol–water partition coefficient (Wildman–Crippen LogP) is 3.87. The van der Waals surface area contributed by atoms with Crippen molar-refractivity contribution >= 4 is 7.60 Å². The molecular weight excluding hydrogens is 251 g/mol. The van der Waals surface area contributed by atoms with Gasteiger partial charge in [-0.15, -0.1) is 0 Å². The molecule has 2 unspecified atom stereocenters. The van der Waals surface area contributed by atoms with Gasteiger partial charge < -0.3 is 4.52 Å². The number of nitrogens with zero attached hydrogens (tertiary/aromatic N) is 2. The predicted molar refractivity (Wildman–Crippen MR) is 69.0 cm³/mol. The highest BCUT2D eigenvalue weighted by atomic mass is 31.2. The topological polar surface area (TPSA) is 60.2 Å². The van der Waals surface area contributed by atoms with Gasteiger partial charge in [0, 0.05) is 6.42 Å². The average molecular weight is 268 g/mol. The molecule has 2 rings (SSSR count). The maximum atomic E-state index is 12.9. The molecule has 0 aromatic heterocycles. The Kier molecular flexibility index (Phi) is 3.83. The van der Waals surface area contributed by atoms with Crippen LogP contribution in [0.3, 0.4) is 0 Å². The highest BCUT2D eigenvalue weighted by Gasteiger charge is 2.51. The van der Waals surface area contributed by atoms with Gasteiger partial charge in [-0.2, -0.15) is 10.2 Å². The van der Waals surface area contributed by atoms with E-state index in [0.717, 1.165) is 0 Å². The summed E-state index contributed by atoms with van der Waals surface area (Å²) >= 11 is 0. The molecule has 98 valence electrons. The van der Waals surface area contributed by atoms with Gasteiger partial charge in [0.25, 0.3) is 0 Å². The third-order valence-electron chi connectivity index (χ3n) is 2.83. The average Bonchev–Trinajstić information content (AvgIpc) is 2.79. The fourth-order valence-electron chi connectivity index (χ4n) is 1.76. The first-order valence-electron chi connectivity index (χ1n) is 5.98. The van der Waals surface area contributed by atoms with E-state index in [1.165, 1.54) is 0 Å². The van der Waals surface area contributed by atoms with E-state index in [9.17, 15) is 4.57 Å². The lowest BCUT2D eigenvalue weighted by atomic mass is 10.3. The smallest absolute Gasteiger partial charge is 0.408 e. The molecule has 1 heterocycles. The van der Waals surface area contributed by atoms with Gasteiger partial charge >= 0.3 is 7.60 Å². The zero-order valence-corrected chi connectivity index (χ0v) is 11.5. The fourth-order valence-corrected chi connectivity index (χ4v) is 3.57. The van der Waals surface area contributed by atoms with Crippen molar-refractivity contribution < 1.29 is 13.6 Å². The Hall–Kier alpha value is -1.19. The minimum atomic E-state index is -3.36. The zero-order valence-electron chi connectivity index (χ0n) is 10.6. The van der Waals surface area contributed by atoms with Gasteiger partial charge in [0.05, 0.1) is 13.2 Å². The molecule has 0 saturated heterocycles. The summed E-state index contributed by atoms with van der Waals surface area (Å²) < 4.78 is 23.9. The van der Waals surface area contributed by atoms with Crippen molar-refractivity contribution in [2.75, 3.05) is 13.2 Å². The molecule has 0 bridgehead atoms. The molecule has 1 aromatic carbocycles. The number of para-hydroxylation sites is 1. The molecule has 18 heavy (non-hydrogen) atoms. The standard InChI is InChI=1S/C12H17N2O3P/c1-3-16-18(15,12(2)9-10-13-14-12)17-11-7-5-4-6-8-11/h4-8H,3,9-10H2,1-2H3. The summed E-state index contributed by atoms with van der Waals surface area (Å²) in [5.41, 5.74) is 0. The van der Waals surface area contributed by atoms with Crippen molar-refractivity contribution in [2.24, 2.45) is 10.2 Å². The van der Waals surface area contributed by atoms with Crippen molar-refractivity contribution in [3.05, 3.63) is 30.3 Å². The van der Waals surface area contributed by atoms with Crippen molar-refractivity contribution in [2.45, 2.75) is 25.5 Å². The monoisotopic (exact) mass is 268 g/mol. The molecule has 5 nitrogen and oxygen atoms in total. The molecule has 6 heteroatoms. The molecule has 1 aliphatic heterocycles. The number of hydrogen-bond acceptors (Lipinski definition) is 5. The second kappa shape index (κ2) is 5.21. The van der Waals surface area contributed by atoms with Crippen LogP contribution in [0.1, 0.15) is 20.3 Å². The molecule has 0 radical (unpaired) electrons. The summed E-state index contributed by atoms with van der Waals surface area (Å²) in [4.78, 5) is 0. The van der Waals surface area contributed by atoms with Crippen LogP contribution >= 0.6 is 7.60 Å². The van der Waals surface area contributed by atoms with E-state index in [4.69, 9.17) is 9.05 Å². The molecule has 0 aliphatic carbocycles. The van der Waals surface area contributed by atoms with Gasteiger partial charge in [-0.1, -0.05) is 18.2 Å². The van der Waals surface area contributed by atoms with Crippen molar-refractivity contribution in [3.8, 4) is 5.75 Å². The van der Waals surface area contributed by atoms with Gasteiger partial charge in [-0.25, -0.2) is 4.57 Å². The lowest BCUT2D eigenvalue weighted by Gasteiger charge is -2.29. The maximum absolute atomic E-state index is 12.9. The molecule has 1 aliphatic rings. The largest absolute Gasteiger partial charge is 0.423 e. The number of benzene rings is 1. The summed E-state index contributed by atoms with van der Waals surface area (Å²) in [6.07, 6.45) is 0.580. The molecule has 0 amide bonds. The second-order valence-corrected chi connectivity index (χ2v) is 6.65. The first-order valence-corrected chi connectivity index (χ1v) is 7.52. The van der Waals surface area contributed by atoms with Crippen LogP contribution in [-0.4, -0.2) is 18.4 Å². The van der Waals surface area contributed by atoms with Crippen LogP contribution in [0.4, 0.5) is 0 Å². The first-order chi connectivity index (χ1) is 8.60. The van der Waals surface area contributed by atoms with E-state index in [-0.39, 0.29) is 0 Å². The highest BCUT2D eigenvalue weighted by Crippen LogP contribution is 2.62. The van der Waals surface area contributed by atoms with Crippen LogP contribution < -0.4 is 4.52 Å². The Labute approximate surface area is 107 Å². The number of hydrogen-bond donors (Lipinski definition) is 0. The van der Waals surface area contributed by atoms with E-state index < -0.39 is 12.9 Å². The van der Waals surface area contributed by atoms with Crippen LogP contribution in [-0.2, 0) is 9.09 Å². The summed E-state index contributed by atoms with van der Waals surface area (Å²) in [6.45, 7) is 4.43. The SMILES string of the molecule is CCOP(=O)(Oc1ccccc1)C1(C)CCN=N1. The van der Waals surface area contributed by atoms with Gasteiger partial charge in [-0.3, -0.25) is 4.52 Å². The quantitative estimate of drug-likeness (QED) is 0.761. The third kappa shape index (κ3) is 2.47. The van der Waals surface area contributed by atoms with Gasteiger partial charge in [0.15, 0.2) is 5.28 Å². The Morgan fingerprint density at radius 2 is 2.11 bits per heavy atom. The van der Waals surface area contributed by atoms with E-state index in [0.29, 0.717) is 25.3 Å². The third-order valence-corrected chi connectivity index (χ3v) is 5.37. The molecule has 2 atom stereocenters. The van der Waals surface area contributed by atoms with Crippen LogP contribution in [0.2, 0.25) is 0 Å². The molecule has 0 spiro atoms. The molecular formula is C12H17N2O3P. The van der Waals surface area contributed by atoms with E-state index in [2.05, 4.69) is 10.2 Å². The maximum Gasteiger partial charge on any atom is 0.408 e. The summed E-state index contributed by atoms with van der Waals surface area (Å²) in [5.74, 6) is 0.526. The summed E-state index contributed by atoms with van der Waals surface area (Å²) in [6, 6.07) is 9.02. The summed E-state index contributed by atoms with van der Waals surface area (Å²) in [7, 11) is -3.36. The Morgan fingerprint density at radius 3 is 2.67 bits per heavy atom. The van der Waals surface area contributed by atoms with E-state index in [1.54, 1.807) is 26.0 Å². The van der Waals surface area contributed by atoms with Crippen molar-refractivity contribution in [1.82, 2.24) is 0 Å². The van der Waals surface area contributed by atoms with Crippen molar-refractivity contribution in [1.29, 1.82) is 0 Å². The molecule has 0 N–H and O–H groups in total. The zero-order chi connectivity index (χ0) is 13.1. The van der Waals surface area contributed by atoms with Gasteiger partial charge in [-0.05, 0) is 26.0 Å². The van der Waals surface area contributed by atoms with Crippen LogP contribution in [0.25, 0.3) is 0 Å². The molecule has 1 aromatic rings. The summed E-state index contributed by atoms with van der Waals surface area (Å²) in [5, 5.41) is 7.11. The van der Waals surface area contributed by atoms with E-state index in [1.807, 2.05) is 18.2 Å². The lowest BCUT2D eigenvalue weighted by Crippen LogP contribution is -2.24.